The van der Waals surface area contributed by atoms with Gasteiger partial charge in [0, 0.05) is 11.8 Å². The summed E-state index contributed by atoms with van der Waals surface area (Å²) in [7, 11) is -3.51. The quantitative estimate of drug-likeness (QED) is 0.614. The van der Waals surface area contributed by atoms with Gasteiger partial charge < -0.3 is 15.6 Å². The first kappa shape index (κ1) is 16.7. The van der Waals surface area contributed by atoms with Gasteiger partial charge in [-0.05, 0) is 25.5 Å². The highest BCUT2D eigenvalue weighted by Crippen LogP contribution is 2.14. The van der Waals surface area contributed by atoms with E-state index in [4.69, 9.17) is 10.5 Å². The average molecular weight is 302 g/mol. The maximum atomic E-state index is 11.9. The van der Waals surface area contributed by atoms with Crippen LogP contribution in [0, 0.1) is 0 Å². The van der Waals surface area contributed by atoms with Crippen LogP contribution in [0.25, 0.3) is 0 Å². The molecule has 7 heteroatoms. The minimum atomic E-state index is -3.51. The average Bonchev–Trinajstić information content (AvgIpc) is 2.38. The summed E-state index contributed by atoms with van der Waals surface area (Å²) < 4.78 is 31.6. The third-order valence-electron chi connectivity index (χ3n) is 3.01. The first-order chi connectivity index (χ1) is 9.30. The van der Waals surface area contributed by atoms with Crippen molar-refractivity contribution in [2.45, 2.75) is 25.8 Å². The van der Waals surface area contributed by atoms with E-state index < -0.39 is 15.6 Å². The Morgan fingerprint density at radius 1 is 1.45 bits per heavy atom. The van der Waals surface area contributed by atoms with Crippen molar-refractivity contribution in [3.63, 3.8) is 0 Å². The summed E-state index contributed by atoms with van der Waals surface area (Å²) in [6.07, 6.45) is 0.499. The molecule has 1 atom stereocenters. The highest BCUT2D eigenvalue weighted by Gasteiger charge is 2.27. The number of nitrogens with two attached hydrogens (primary N) is 1. The number of aliphatic hydroxyl groups is 1. The van der Waals surface area contributed by atoms with Crippen LogP contribution >= 0.6 is 0 Å². The van der Waals surface area contributed by atoms with E-state index in [-0.39, 0.29) is 19.0 Å². The molecule has 1 aromatic rings. The molecule has 4 N–H and O–H groups in total. The van der Waals surface area contributed by atoms with E-state index in [1.807, 2.05) is 6.92 Å². The molecule has 0 aromatic heterocycles. The molecule has 20 heavy (non-hydrogen) atoms. The Labute approximate surface area is 120 Å². The lowest BCUT2D eigenvalue weighted by Gasteiger charge is -2.26. The second-order valence-corrected chi connectivity index (χ2v) is 6.76. The lowest BCUT2D eigenvalue weighted by atomic mass is 10.0. The zero-order valence-electron chi connectivity index (χ0n) is 11.8. The zero-order valence-corrected chi connectivity index (χ0v) is 12.6. The lowest BCUT2D eigenvalue weighted by Crippen LogP contribution is -2.49. The van der Waals surface area contributed by atoms with E-state index in [1.54, 1.807) is 31.2 Å². The summed E-state index contributed by atoms with van der Waals surface area (Å²) in [6, 6.07) is 6.79. The molecule has 1 aromatic carbocycles. The smallest absolute Gasteiger partial charge is 0.215 e. The van der Waals surface area contributed by atoms with E-state index in [0.717, 1.165) is 0 Å². The second-order valence-electron chi connectivity index (χ2n) is 4.91. The number of nitrogens with one attached hydrogen (secondary N) is 1. The summed E-state index contributed by atoms with van der Waals surface area (Å²) in [5.74, 6) is 0.345. The fourth-order valence-corrected chi connectivity index (χ4v) is 2.88. The maximum Gasteiger partial charge on any atom is 0.215 e. The van der Waals surface area contributed by atoms with Crippen LogP contribution in [0.4, 0.5) is 5.69 Å². The van der Waals surface area contributed by atoms with E-state index in [2.05, 4.69) is 4.72 Å². The monoisotopic (exact) mass is 302 g/mol. The zero-order chi connectivity index (χ0) is 15.2. The molecule has 0 aliphatic rings. The molecule has 0 heterocycles. The predicted octanol–water partition coefficient (Wildman–Crippen LogP) is 0.728. The molecule has 0 saturated carbocycles. The second kappa shape index (κ2) is 6.92. The largest absolute Gasteiger partial charge is 0.492 e. The van der Waals surface area contributed by atoms with E-state index in [0.29, 0.717) is 17.9 Å². The topological polar surface area (TPSA) is 102 Å². The van der Waals surface area contributed by atoms with Crippen LogP contribution in [0.2, 0.25) is 0 Å². The van der Waals surface area contributed by atoms with Gasteiger partial charge in [0.25, 0.3) is 0 Å². The molecule has 114 valence electrons. The minimum absolute atomic E-state index is 0.0179. The molecule has 0 amide bonds. The van der Waals surface area contributed by atoms with Crippen LogP contribution in [0.5, 0.6) is 5.75 Å². The third-order valence-corrected chi connectivity index (χ3v) is 4.52. The van der Waals surface area contributed by atoms with Crippen molar-refractivity contribution < 1.29 is 18.3 Å². The molecule has 0 saturated heterocycles. The number of nitrogen functional groups attached to an aromatic ring is 1. The van der Waals surface area contributed by atoms with Gasteiger partial charge in [-0.15, -0.1) is 0 Å². The predicted molar refractivity (Wildman–Crippen MR) is 79.1 cm³/mol. The molecule has 0 spiro atoms. The Bertz CT molecular complexity index is 527. The Hall–Kier alpha value is -1.31. The molecule has 0 radical (unpaired) electrons. The first-order valence-corrected chi connectivity index (χ1v) is 8.06. The molecule has 0 aliphatic heterocycles. The van der Waals surface area contributed by atoms with Gasteiger partial charge in [-0.25, -0.2) is 13.1 Å². The van der Waals surface area contributed by atoms with E-state index >= 15 is 0 Å². The van der Waals surface area contributed by atoms with Crippen LogP contribution < -0.4 is 15.2 Å². The molecular weight excluding hydrogens is 280 g/mol. The van der Waals surface area contributed by atoms with Gasteiger partial charge in [0.1, 0.15) is 12.4 Å². The Morgan fingerprint density at radius 3 is 2.70 bits per heavy atom. The number of anilines is 1. The number of sulfonamides is 1. The number of rotatable bonds is 8. The van der Waals surface area contributed by atoms with Gasteiger partial charge in [-0.1, -0.05) is 13.0 Å². The standard InChI is InChI=1S/C13H22N2O4S/c1-3-13(2,10-16)15-20(17,18)8-7-19-12-6-4-5-11(14)9-12/h4-6,9,15-16H,3,7-8,10,14H2,1-2H3. The van der Waals surface area contributed by atoms with Gasteiger partial charge in [0.15, 0.2) is 0 Å². The van der Waals surface area contributed by atoms with Gasteiger partial charge >= 0.3 is 0 Å². The van der Waals surface area contributed by atoms with Crippen LogP contribution in [0.1, 0.15) is 20.3 Å². The van der Waals surface area contributed by atoms with Crippen molar-refractivity contribution in [1.29, 1.82) is 0 Å². The molecule has 0 fully saturated rings. The minimum Gasteiger partial charge on any atom is -0.492 e. The van der Waals surface area contributed by atoms with Crippen molar-refractivity contribution in [3.8, 4) is 5.75 Å². The number of aliphatic hydroxyl groups excluding tert-OH is 1. The Balaban J connectivity index is 2.52. The Kier molecular flexibility index (Phi) is 5.79. The fourth-order valence-electron chi connectivity index (χ4n) is 1.52. The number of ether oxygens (including phenoxy) is 1. The molecule has 0 aliphatic carbocycles. The van der Waals surface area contributed by atoms with Crippen LogP contribution in [0.15, 0.2) is 24.3 Å². The Morgan fingerprint density at radius 2 is 2.15 bits per heavy atom. The number of benzene rings is 1. The van der Waals surface area contributed by atoms with Crippen molar-refractivity contribution in [3.05, 3.63) is 24.3 Å². The molecule has 1 rings (SSSR count). The van der Waals surface area contributed by atoms with Crippen LogP contribution in [-0.4, -0.2) is 38.0 Å². The van der Waals surface area contributed by atoms with Crippen molar-refractivity contribution in [2.24, 2.45) is 0 Å². The highest BCUT2D eigenvalue weighted by atomic mass is 32.2. The van der Waals surface area contributed by atoms with E-state index in [9.17, 15) is 13.5 Å². The molecular formula is C13H22N2O4S. The van der Waals surface area contributed by atoms with Crippen molar-refractivity contribution >= 4 is 15.7 Å². The van der Waals surface area contributed by atoms with Gasteiger partial charge in [-0.2, -0.15) is 0 Å². The lowest BCUT2D eigenvalue weighted by molar-refractivity contribution is 0.190. The molecule has 6 nitrogen and oxygen atoms in total. The summed E-state index contributed by atoms with van der Waals surface area (Å²) in [6.45, 7) is 3.23. The van der Waals surface area contributed by atoms with Crippen LogP contribution in [0.3, 0.4) is 0 Å². The summed E-state index contributed by atoms with van der Waals surface area (Å²) in [4.78, 5) is 0. The van der Waals surface area contributed by atoms with Crippen molar-refractivity contribution in [2.75, 3.05) is 24.7 Å². The normalized spacial score (nSPS) is 14.8. The van der Waals surface area contributed by atoms with E-state index in [1.165, 1.54) is 0 Å². The molecule has 1 unspecified atom stereocenters. The highest BCUT2D eigenvalue weighted by molar-refractivity contribution is 7.89. The SMILES string of the molecule is CCC(C)(CO)NS(=O)(=O)CCOc1cccc(N)c1. The van der Waals surface area contributed by atoms with Crippen LogP contribution in [-0.2, 0) is 10.0 Å². The molecule has 0 bridgehead atoms. The fraction of sp³-hybridized carbons (Fsp3) is 0.538. The first-order valence-electron chi connectivity index (χ1n) is 6.41. The summed E-state index contributed by atoms with van der Waals surface area (Å²) in [5, 5.41) is 9.21. The number of hydrogen-bond acceptors (Lipinski definition) is 5. The van der Waals surface area contributed by atoms with Gasteiger partial charge in [-0.3, -0.25) is 0 Å². The third kappa shape index (κ3) is 5.36. The van der Waals surface area contributed by atoms with Gasteiger partial charge in [0.2, 0.25) is 10.0 Å². The van der Waals surface area contributed by atoms with Gasteiger partial charge in [0.05, 0.1) is 17.9 Å². The number of hydrogen-bond donors (Lipinski definition) is 3. The summed E-state index contributed by atoms with van der Waals surface area (Å²) in [5.41, 5.74) is 5.32. The van der Waals surface area contributed by atoms with Crippen molar-refractivity contribution in [1.82, 2.24) is 4.72 Å². The maximum absolute atomic E-state index is 11.9. The summed E-state index contributed by atoms with van der Waals surface area (Å²) >= 11 is 0.